The van der Waals surface area contributed by atoms with Gasteiger partial charge in [0.1, 0.15) is 16.9 Å². The molecule has 0 atom stereocenters. The van der Waals surface area contributed by atoms with Gasteiger partial charge < -0.3 is 14.8 Å². The molecule has 1 aromatic heterocycles. The number of aliphatic hydroxyl groups excluding tert-OH is 1. The number of benzene rings is 3. The molecule has 4 aromatic rings. The number of hydrogen-bond donors (Lipinski definition) is 2. The molecule has 128 valence electrons. The highest BCUT2D eigenvalue weighted by molar-refractivity contribution is 6.05. The van der Waals surface area contributed by atoms with E-state index in [0.717, 1.165) is 27.4 Å². The molecule has 4 nitrogen and oxygen atoms in total. The van der Waals surface area contributed by atoms with Crippen LogP contribution in [0.1, 0.15) is 11.1 Å². The van der Waals surface area contributed by atoms with E-state index in [9.17, 15) is 9.90 Å². The van der Waals surface area contributed by atoms with Crippen molar-refractivity contribution in [2.45, 2.75) is 6.92 Å². The highest BCUT2D eigenvalue weighted by Crippen LogP contribution is 2.26. The van der Waals surface area contributed by atoms with Crippen LogP contribution in [0.15, 0.2) is 82.1 Å². The fourth-order valence-electron chi connectivity index (χ4n) is 2.93. The zero-order valence-corrected chi connectivity index (χ0v) is 14.2. The summed E-state index contributed by atoms with van der Waals surface area (Å²) >= 11 is 0. The van der Waals surface area contributed by atoms with Gasteiger partial charge in [0.2, 0.25) is 0 Å². The first-order chi connectivity index (χ1) is 12.6. The third-order valence-electron chi connectivity index (χ3n) is 4.35. The molecular weight excluding hydrogens is 326 g/mol. The summed E-state index contributed by atoms with van der Waals surface area (Å²) in [4.78, 5) is 12.3. The molecular formula is C22H17NO3. The van der Waals surface area contributed by atoms with E-state index >= 15 is 0 Å². The number of anilines is 1. The standard InChI is InChI=1S/C22H17NO3/c1-14-6-9-16(10-7-14)23-13-20(24)19-12-18-17-5-3-2-4-15(17)8-11-21(18)26-22(19)25/h2-13,23-24H,1H3/b20-13-. The first-order valence-corrected chi connectivity index (χ1v) is 8.30. The Kier molecular flexibility index (Phi) is 3.93. The van der Waals surface area contributed by atoms with Crippen molar-refractivity contribution in [1.29, 1.82) is 0 Å². The first kappa shape index (κ1) is 16.0. The van der Waals surface area contributed by atoms with Crippen molar-refractivity contribution in [2.75, 3.05) is 5.32 Å². The zero-order valence-electron chi connectivity index (χ0n) is 14.2. The highest BCUT2D eigenvalue weighted by atomic mass is 16.4. The summed E-state index contributed by atoms with van der Waals surface area (Å²) < 4.78 is 5.41. The van der Waals surface area contributed by atoms with E-state index in [1.165, 1.54) is 6.20 Å². The predicted octanol–water partition coefficient (Wildman–Crippen LogP) is 5.22. The van der Waals surface area contributed by atoms with Gasteiger partial charge in [-0.1, -0.05) is 48.0 Å². The second-order valence-corrected chi connectivity index (χ2v) is 6.19. The number of aliphatic hydroxyl groups is 1. The zero-order chi connectivity index (χ0) is 18.1. The number of fused-ring (bicyclic) bond motifs is 3. The molecule has 1 heterocycles. The average molecular weight is 343 g/mol. The fourth-order valence-corrected chi connectivity index (χ4v) is 2.93. The third-order valence-corrected chi connectivity index (χ3v) is 4.35. The molecule has 4 rings (SSSR count). The van der Waals surface area contributed by atoms with Crippen LogP contribution in [0.3, 0.4) is 0 Å². The average Bonchev–Trinajstić information content (AvgIpc) is 2.66. The maximum Gasteiger partial charge on any atom is 0.347 e. The lowest BCUT2D eigenvalue weighted by molar-refractivity contribution is 0.497. The largest absolute Gasteiger partial charge is 0.506 e. The van der Waals surface area contributed by atoms with E-state index in [1.54, 1.807) is 12.1 Å². The lowest BCUT2D eigenvalue weighted by Gasteiger charge is -2.06. The molecule has 4 heteroatoms. The van der Waals surface area contributed by atoms with Crippen LogP contribution < -0.4 is 10.9 Å². The molecule has 0 aliphatic rings. The van der Waals surface area contributed by atoms with Crippen LogP contribution in [0.25, 0.3) is 27.5 Å². The first-order valence-electron chi connectivity index (χ1n) is 8.30. The summed E-state index contributed by atoms with van der Waals surface area (Å²) in [6, 6.07) is 20.9. The van der Waals surface area contributed by atoms with Gasteiger partial charge in [0.25, 0.3) is 0 Å². The second kappa shape index (κ2) is 6.41. The summed E-state index contributed by atoms with van der Waals surface area (Å²) in [6.45, 7) is 2.00. The number of rotatable bonds is 3. The maximum absolute atomic E-state index is 12.3. The van der Waals surface area contributed by atoms with Crippen molar-refractivity contribution in [2.24, 2.45) is 0 Å². The molecule has 2 N–H and O–H groups in total. The van der Waals surface area contributed by atoms with E-state index in [4.69, 9.17) is 4.42 Å². The molecule has 0 saturated heterocycles. The van der Waals surface area contributed by atoms with Gasteiger partial charge in [-0.05, 0) is 42.0 Å². The summed E-state index contributed by atoms with van der Waals surface area (Å²) in [5.74, 6) is -0.172. The van der Waals surface area contributed by atoms with Gasteiger partial charge in [-0.3, -0.25) is 0 Å². The smallest absolute Gasteiger partial charge is 0.347 e. The van der Waals surface area contributed by atoms with Gasteiger partial charge in [-0.2, -0.15) is 0 Å². The van der Waals surface area contributed by atoms with Gasteiger partial charge in [0.15, 0.2) is 0 Å². The Morgan fingerprint density at radius 2 is 1.77 bits per heavy atom. The Hall–Kier alpha value is -3.53. The molecule has 0 spiro atoms. The molecule has 0 unspecified atom stereocenters. The summed E-state index contributed by atoms with van der Waals surface area (Å²) in [5, 5.41) is 16.2. The summed E-state index contributed by atoms with van der Waals surface area (Å²) in [5.41, 5.74) is 2.00. The van der Waals surface area contributed by atoms with Gasteiger partial charge in [0.05, 0.1) is 0 Å². The maximum atomic E-state index is 12.3. The van der Waals surface area contributed by atoms with Crippen LogP contribution in [-0.2, 0) is 0 Å². The lowest BCUT2D eigenvalue weighted by atomic mass is 10.0. The van der Waals surface area contributed by atoms with Crippen LogP contribution in [0, 0.1) is 6.92 Å². The van der Waals surface area contributed by atoms with Crippen LogP contribution in [0.4, 0.5) is 5.69 Å². The molecule has 0 amide bonds. The Labute approximate surface area is 150 Å². The number of aryl methyl sites for hydroxylation is 1. The minimum Gasteiger partial charge on any atom is -0.506 e. The van der Waals surface area contributed by atoms with E-state index in [2.05, 4.69) is 5.32 Å². The molecule has 3 aromatic carbocycles. The third kappa shape index (κ3) is 2.93. The van der Waals surface area contributed by atoms with Crippen LogP contribution in [0.5, 0.6) is 0 Å². The van der Waals surface area contributed by atoms with Crippen molar-refractivity contribution < 1.29 is 9.52 Å². The van der Waals surface area contributed by atoms with Crippen molar-refractivity contribution in [3.63, 3.8) is 0 Å². The van der Waals surface area contributed by atoms with Crippen LogP contribution in [0.2, 0.25) is 0 Å². The minimum atomic E-state index is -0.577. The van der Waals surface area contributed by atoms with E-state index in [0.29, 0.717) is 5.58 Å². The fraction of sp³-hybridized carbons (Fsp3) is 0.0455. The minimum absolute atomic E-state index is 0.119. The molecule has 0 fully saturated rings. The topological polar surface area (TPSA) is 62.5 Å². The summed E-state index contributed by atoms with van der Waals surface area (Å²) in [7, 11) is 0. The van der Waals surface area contributed by atoms with Crippen molar-refractivity contribution in [1.82, 2.24) is 0 Å². The Bertz CT molecular complexity index is 1190. The normalized spacial score (nSPS) is 11.8. The van der Waals surface area contributed by atoms with E-state index in [-0.39, 0.29) is 11.3 Å². The van der Waals surface area contributed by atoms with E-state index < -0.39 is 5.63 Å². The quantitative estimate of drug-likeness (QED) is 0.304. The highest BCUT2D eigenvalue weighted by Gasteiger charge is 2.11. The lowest BCUT2D eigenvalue weighted by Crippen LogP contribution is -2.07. The van der Waals surface area contributed by atoms with Crippen molar-refractivity contribution in [3.05, 3.63) is 94.5 Å². The number of hydrogen-bond acceptors (Lipinski definition) is 4. The molecule has 0 radical (unpaired) electrons. The van der Waals surface area contributed by atoms with Crippen molar-refractivity contribution >= 4 is 33.2 Å². The monoisotopic (exact) mass is 343 g/mol. The predicted molar refractivity (Wildman–Crippen MR) is 105 cm³/mol. The second-order valence-electron chi connectivity index (χ2n) is 6.19. The molecule has 0 aliphatic carbocycles. The van der Waals surface area contributed by atoms with Crippen LogP contribution >= 0.6 is 0 Å². The molecule has 0 bridgehead atoms. The molecule has 0 aliphatic heterocycles. The van der Waals surface area contributed by atoms with Crippen molar-refractivity contribution in [3.8, 4) is 0 Å². The Morgan fingerprint density at radius 3 is 2.58 bits per heavy atom. The van der Waals surface area contributed by atoms with Gasteiger partial charge >= 0.3 is 5.63 Å². The Morgan fingerprint density at radius 1 is 1.00 bits per heavy atom. The van der Waals surface area contributed by atoms with Crippen LogP contribution in [-0.4, -0.2) is 5.11 Å². The molecule has 26 heavy (non-hydrogen) atoms. The SMILES string of the molecule is Cc1ccc(N/C=C(\O)c2cc3c(ccc4ccccc43)oc2=O)cc1. The van der Waals surface area contributed by atoms with Gasteiger partial charge in [-0.15, -0.1) is 0 Å². The van der Waals surface area contributed by atoms with E-state index in [1.807, 2.05) is 61.5 Å². The Balaban J connectivity index is 1.78. The number of nitrogens with one attached hydrogen (secondary N) is 1. The summed E-state index contributed by atoms with van der Waals surface area (Å²) in [6.07, 6.45) is 1.40. The van der Waals surface area contributed by atoms with Gasteiger partial charge in [-0.25, -0.2) is 4.79 Å². The van der Waals surface area contributed by atoms with Gasteiger partial charge in [0, 0.05) is 17.3 Å². The molecule has 0 saturated carbocycles.